The van der Waals surface area contributed by atoms with Crippen molar-refractivity contribution in [1.29, 1.82) is 0 Å². The molecule has 0 aliphatic carbocycles. The molecule has 0 bridgehead atoms. The molecule has 6 heteroatoms. The Hall–Kier alpha value is -1.40. The molecule has 380 valence electrons. The van der Waals surface area contributed by atoms with E-state index in [9.17, 15) is 19.8 Å². The molecule has 1 amide bonds. The van der Waals surface area contributed by atoms with Gasteiger partial charge in [0.2, 0.25) is 5.91 Å². The third-order valence-electron chi connectivity index (χ3n) is 13.6. The number of carbonyl (C=O) groups excluding carboxylic acids is 2. The Bertz CT molecular complexity index is 955. The summed E-state index contributed by atoms with van der Waals surface area (Å²) in [4.78, 5) is 24.5. The Labute approximate surface area is 399 Å². The number of ether oxygens (including phenoxy) is 1. The van der Waals surface area contributed by atoms with E-state index >= 15 is 0 Å². The van der Waals surface area contributed by atoms with E-state index in [2.05, 4.69) is 31.3 Å². The molecule has 0 spiro atoms. The molecule has 2 atom stereocenters. The SMILES string of the molecule is CCCCC/C=C\CCCCCCCC(=O)OCCCCCCCCCCCCCCCCC(=O)NC(CO)C(O)CCCCCCCCCCCCCCCCCCCCCCC. The van der Waals surface area contributed by atoms with Crippen LogP contribution in [0.4, 0.5) is 0 Å². The molecule has 3 N–H and O–H groups in total. The minimum absolute atomic E-state index is 0.0114. The Morgan fingerprint density at radius 2 is 0.734 bits per heavy atom. The maximum absolute atomic E-state index is 12.5. The predicted molar refractivity (Wildman–Crippen MR) is 278 cm³/mol. The lowest BCUT2D eigenvalue weighted by atomic mass is 10.0. The van der Waals surface area contributed by atoms with Crippen molar-refractivity contribution < 1.29 is 24.5 Å². The van der Waals surface area contributed by atoms with Gasteiger partial charge in [0, 0.05) is 12.8 Å². The lowest BCUT2D eigenvalue weighted by molar-refractivity contribution is -0.143. The van der Waals surface area contributed by atoms with Crippen molar-refractivity contribution in [2.75, 3.05) is 13.2 Å². The van der Waals surface area contributed by atoms with Crippen molar-refractivity contribution in [3.63, 3.8) is 0 Å². The minimum Gasteiger partial charge on any atom is -0.466 e. The molecule has 0 fully saturated rings. The zero-order valence-electron chi connectivity index (χ0n) is 43.3. The lowest BCUT2D eigenvalue weighted by Gasteiger charge is -2.22. The second kappa shape index (κ2) is 54.2. The molecule has 2 unspecified atom stereocenters. The second-order valence-corrected chi connectivity index (χ2v) is 20.0. The average Bonchev–Trinajstić information content (AvgIpc) is 3.29. The van der Waals surface area contributed by atoms with E-state index in [0.29, 0.717) is 25.9 Å². The molecule has 0 rings (SSSR count). The number of rotatable bonds is 54. The number of esters is 1. The van der Waals surface area contributed by atoms with E-state index in [4.69, 9.17) is 4.74 Å². The molecule has 6 nitrogen and oxygen atoms in total. The van der Waals surface area contributed by atoms with Gasteiger partial charge < -0.3 is 20.3 Å². The molecule has 0 heterocycles. The standard InChI is InChI=1S/C58H113NO5/c1-3-5-7-9-11-13-15-17-18-19-20-21-22-23-24-27-30-34-38-42-46-50-56(61)55(54-60)59-57(62)51-47-43-39-35-31-28-25-26-29-33-37-41-45-49-53-64-58(63)52-48-44-40-36-32-16-14-12-10-8-6-4-2/h12,14,55-56,60-61H,3-11,13,15-54H2,1-2H3,(H,59,62)/b14-12-. The molecule has 0 radical (unpaired) electrons. The highest BCUT2D eigenvalue weighted by Crippen LogP contribution is 2.18. The number of hydrogen-bond acceptors (Lipinski definition) is 5. The molecule has 0 aromatic rings. The highest BCUT2D eigenvalue weighted by molar-refractivity contribution is 5.76. The number of allylic oxidation sites excluding steroid dienone is 2. The van der Waals surface area contributed by atoms with Crippen LogP contribution >= 0.6 is 0 Å². The number of amides is 1. The van der Waals surface area contributed by atoms with Crippen LogP contribution in [-0.4, -0.2) is 47.4 Å². The van der Waals surface area contributed by atoms with Gasteiger partial charge in [0.15, 0.2) is 0 Å². The van der Waals surface area contributed by atoms with Crippen molar-refractivity contribution in [3.8, 4) is 0 Å². The van der Waals surface area contributed by atoms with Gasteiger partial charge >= 0.3 is 5.97 Å². The number of aliphatic hydroxyl groups is 2. The summed E-state index contributed by atoms with van der Waals surface area (Å²) in [5.41, 5.74) is 0. The van der Waals surface area contributed by atoms with Gasteiger partial charge in [-0.3, -0.25) is 9.59 Å². The van der Waals surface area contributed by atoms with Crippen molar-refractivity contribution >= 4 is 11.9 Å². The molecule has 0 aromatic heterocycles. The molecular weight excluding hydrogens is 791 g/mol. The third kappa shape index (κ3) is 50.0. The molecule has 0 aliphatic rings. The quantitative estimate of drug-likeness (QED) is 0.0321. The smallest absolute Gasteiger partial charge is 0.305 e. The second-order valence-electron chi connectivity index (χ2n) is 20.0. The van der Waals surface area contributed by atoms with E-state index < -0.39 is 12.1 Å². The Morgan fingerprint density at radius 3 is 1.14 bits per heavy atom. The number of hydrogen-bond donors (Lipinski definition) is 3. The fraction of sp³-hybridized carbons (Fsp3) is 0.931. The van der Waals surface area contributed by atoms with Crippen LogP contribution in [0.25, 0.3) is 0 Å². The molecular formula is C58H113NO5. The van der Waals surface area contributed by atoms with Crippen LogP contribution in [0.3, 0.4) is 0 Å². The largest absolute Gasteiger partial charge is 0.466 e. The van der Waals surface area contributed by atoms with Crippen LogP contribution in [-0.2, 0) is 14.3 Å². The zero-order chi connectivity index (χ0) is 46.5. The van der Waals surface area contributed by atoms with Gasteiger partial charge in [-0.25, -0.2) is 0 Å². The normalized spacial score (nSPS) is 12.6. The summed E-state index contributed by atoms with van der Waals surface area (Å²) in [5.74, 6) is -0.0538. The Morgan fingerprint density at radius 1 is 0.422 bits per heavy atom. The summed E-state index contributed by atoms with van der Waals surface area (Å²) in [7, 11) is 0. The van der Waals surface area contributed by atoms with Gasteiger partial charge in [0.25, 0.3) is 0 Å². The maximum Gasteiger partial charge on any atom is 0.305 e. The summed E-state index contributed by atoms with van der Waals surface area (Å²) in [6.07, 6.45) is 63.4. The Balaban J connectivity index is 3.44. The van der Waals surface area contributed by atoms with Gasteiger partial charge in [-0.05, 0) is 51.4 Å². The first-order chi connectivity index (χ1) is 31.5. The van der Waals surface area contributed by atoms with Crippen molar-refractivity contribution in [2.45, 2.75) is 334 Å². The van der Waals surface area contributed by atoms with Gasteiger partial charge in [-0.1, -0.05) is 270 Å². The average molecular weight is 905 g/mol. The number of carbonyl (C=O) groups is 2. The van der Waals surface area contributed by atoms with Crippen LogP contribution in [0, 0.1) is 0 Å². The molecule has 0 aromatic carbocycles. The molecule has 64 heavy (non-hydrogen) atoms. The highest BCUT2D eigenvalue weighted by atomic mass is 16.5. The van der Waals surface area contributed by atoms with Crippen LogP contribution in [0.5, 0.6) is 0 Å². The van der Waals surface area contributed by atoms with Crippen LogP contribution in [0.1, 0.15) is 322 Å². The lowest BCUT2D eigenvalue weighted by Crippen LogP contribution is -2.45. The monoisotopic (exact) mass is 904 g/mol. The summed E-state index contributed by atoms with van der Waals surface area (Å²) >= 11 is 0. The van der Waals surface area contributed by atoms with Crippen molar-refractivity contribution in [2.24, 2.45) is 0 Å². The highest BCUT2D eigenvalue weighted by Gasteiger charge is 2.20. The van der Waals surface area contributed by atoms with Crippen LogP contribution in [0.15, 0.2) is 12.2 Å². The third-order valence-corrected chi connectivity index (χ3v) is 13.6. The van der Waals surface area contributed by atoms with Gasteiger partial charge in [-0.15, -0.1) is 0 Å². The summed E-state index contributed by atoms with van der Waals surface area (Å²) in [5, 5.41) is 23.3. The van der Waals surface area contributed by atoms with Gasteiger partial charge in [-0.2, -0.15) is 0 Å². The number of unbranched alkanes of at least 4 members (excludes halogenated alkanes) is 41. The fourth-order valence-electron chi connectivity index (χ4n) is 9.11. The number of aliphatic hydroxyl groups excluding tert-OH is 2. The molecule has 0 saturated carbocycles. The van der Waals surface area contributed by atoms with Gasteiger partial charge in [0.05, 0.1) is 25.4 Å². The van der Waals surface area contributed by atoms with Crippen LogP contribution in [0.2, 0.25) is 0 Å². The predicted octanol–water partition coefficient (Wildman–Crippen LogP) is 17.7. The summed E-state index contributed by atoms with van der Waals surface area (Å²) in [6, 6.07) is -0.550. The van der Waals surface area contributed by atoms with E-state index in [-0.39, 0.29) is 18.5 Å². The molecule has 0 saturated heterocycles. The minimum atomic E-state index is -0.672. The first kappa shape index (κ1) is 62.6. The first-order valence-corrected chi connectivity index (χ1v) is 28.9. The van der Waals surface area contributed by atoms with Crippen molar-refractivity contribution in [3.05, 3.63) is 12.2 Å². The molecule has 0 aliphatic heterocycles. The first-order valence-electron chi connectivity index (χ1n) is 28.9. The van der Waals surface area contributed by atoms with Crippen LogP contribution < -0.4 is 5.32 Å². The summed E-state index contributed by atoms with van der Waals surface area (Å²) in [6.45, 7) is 4.93. The number of nitrogens with one attached hydrogen (secondary N) is 1. The Kier molecular flexibility index (Phi) is 53.0. The van der Waals surface area contributed by atoms with E-state index in [1.807, 2.05) is 0 Å². The zero-order valence-corrected chi connectivity index (χ0v) is 43.3. The van der Waals surface area contributed by atoms with Gasteiger partial charge in [0.1, 0.15) is 0 Å². The fourth-order valence-corrected chi connectivity index (χ4v) is 9.11. The van der Waals surface area contributed by atoms with Crippen molar-refractivity contribution in [1.82, 2.24) is 5.32 Å². The topological polar surface area (TPSA) is 95.9 Å². The van der Waals surface area contributed by atoms with E-state index in [0.717, 1.165) is 51.4 Å². The maximum atomic E-state index is 12.5. The van der Waals surface area contributed by atoms with E-state index in [1.165, 1.54) is 238 Å². The summed E-state index contributed by atoms with van der Waals surface area (Å²) < 4.78 is 5.45. The van der Waals surface area contributed by atoms with E-state index in [1.54, 1.807) is 0 Å².